The number of carbonyl (C=O) groups is 1. The Hall–Kier alpha value is -1.94. The highest BCUT2D eigenvalue weighted by Crippen LogP contribution is 2.27. The fourth-order valence-corrected chi connectivity index (χ4v) is 3.02. The fraction of sp³-hybridized carbons (Fsp3) is 0.278. The van der Waals surface area contributed by atoms with Crippen molar-refractivity contribution in [2.24, 2.45) is 0 Å². The van der Waals surface area contributed by atoms with E-state index in [9.17, 15) is 4.79 Å². The Kier molecular flexibility index (Phi) is 5.90. The van der Waals surface area contributed by atoms with Gasteiger partial charge in [-0.1, -0.05) is 43.3 Å². The van der Waals surface area contributed by atoms with E-state index < -0.39 is 0 Å². The Bertz CT molecular complexity index is 613. The molecule has 2 aromatic carbocycles. The number of amides is 2. The third-order valence-corrected chi connectivity index (χ3v) is 4.61. The van der Waals surface area contributed by atoms with Crippen LogP contribution in [0.3, 0.4) is 0 Å². The number of thioether (sulfide) groups is 1. The van der Waals surface area contributed by atoms with Gasteiger partial charge in [0.05, 0.1) is 0 Å². The summed E-state index contributed by atoms with van der Waals surface area (Å²) < 4.78 is 0. The Labute approximate surface area is 136 Å². The van der Waals surface area contributed by atoms with Gasteiger partial charge in [0.1, 0.15) is 0 Å². The first-order valence-corrected chi connectivity index (χ1v) is 8.31. The molecule has 3 nitrogen and oxygen atoms in total. The van der Waals surface area contributed by atoms with E-state index in [4.69, 9.17) is 0 Å². The summed E-state index contributed by atoms with van der Waals surface area (Å²) in [7, 11) is 3.46. The Morgan fingerprint density at radius 2 is 1.86 bits per heavy atom. The second-order valence-electron chi connectivity index (χ2n) is 5.48. The molecule has 0 saturated heterocycles. The summed E-state index contributed by atoms with van der Waals surface area (Å²) in [5.41, 5.74) is 2.18. The Morgan fingerprint density at radius 1 is 1.14 bits per heavy atom. The third kappa shape index (κ3) is 4.81. The summed E-state index contributed by atoms with van der Waals surface area (Å²) in [6, 6.07) is 18.4. The van der Waals surface area contributed by atoms with Crippen molar-refractivity contribution in [2.75, 3.05) is 25.2 Å². The average Bonchev–Trinajstić information content (AvgIpc) is 2.53. The van der Waals surface area contributed by atoms with Gasteiger partial charge in [-0.05, 0) is 29.7 Å². The van der Waals surface area contributed by atoms with E-state index in [0.717, 1.165) is 11.4 Å². The molecule has 4 heteroatoms. The lowest BCUT2D eigenvalue weighted by molar-refractivity contribution is 0.230. The summed E-state index contributed by atoms with van der Waals surface area (Å²) in [5.74, 6) is 1.50. The first-order chi connectivity index (χ1) is 10.6. The maximum atomic E-state index is 11.7. The lowest BCUT2D eigenvalue weighted by Gasteiger charge is -2.14. The monoisotopic (exact) mass is 314 g/mol. The minimum absolute atomic E-state index is 0.111. The smallest absolute Gasteiger partial charge is 0.321 e. The van der Waals surface area contributed by atoms with Crippen LogP contribution in [-0.4, -0.2) is 30.8 Å². The third-order valence-electron chi connectivity index (χ3n) is 3.36. The van der Waals surface area contributed by atoms with Gasteiger partial charge in [0.2, 0.25) is 0 Å². The molecule has 0 aliphatic carbocycles. The molecule has 0 aliphatic heterocycles. The second kappa shape index (κ2) is 7.90. The van der Waals surface area contributed by atoms with Gasteiger partial charge in [0.25, 0.3) is 0 Å². The van der Waals surface area contributed by atoms with E-state index in [0.29, 0.717) is 5.92 Å². The van der Waals surface area contributed by atoms with E-state index in [-0.39, 0.29) is 6.03 Å². The van der Waals surface area contributed by atoms with Gasteiger partial charge < -0.3 is 10.2 Å². The van der Waals surface area contributed by atoms with E-state index in [2.05, 4.69) is 42.6 Å². The maximum Gasteiger partial charge on any atom is 0.321 e. The van der Waals surface area contributed by atoms with Gasteiger partial charge in [-0.25, -0.2) is 4.79 Å². The van der Waals surface area contributed by atoms with Gasteiger partial charge in [-0.2, -0.15) is 0 Å². The van der Waals surface area contributed by atoms with Crippen LogP contribution in [0.4, 0.5) is 10.5 Å². The second-order valence-corrected chi connectivity index (χ2v) is 6.57. The molecule has 1 unspecified atom stereocenters. The molecule has 2 rings (SSSR count). The van der Waals surface area contributed by atoms with Crippen molar-refractivity contribution in [3.05, 3.63) is 60.2 Å². The molecule has 2 aromatic rings. The van der Waals surface area contributed by atoms with Crippen LogP contribution in [0.2, 0.25) is 0 Å². The highest BCUT2D eigenvalue weighted by molar-refractivity contribution is 7.99. The van der Waals surface area contributed by atoms with Crippen LogP contribution < -0.4 is 5.32 Å². The molecule has 2 amide bonds. The molecule has 0 aromatic heterocycles. The molecule has 0 aliphatic rings. The number of benzene rings is 2. The summed E-state index contributed by atoms with van der Waals surface area (Å²) in [4.78, 5) is 14.4. The lowest BCUT2D eigenvalue weighted by Crippen LogP contribution is -2.27. The molecule has 22 heavy (non-hydrogen) atoms. The minimum atomic E-state index is -0.111. The van der Waals surface area contributed by atoms with Gasteiger partial charge in [-0.15, -0.1) is 11.8 Å². The van der Waals surface area contributed by atoms with E-state index >= 15 is 0 Å². The van der Waals surface area contributed by atoms with E-state index in [1.807, 2.05) is 36.0 Å². The highest BCUT2D eigenvalue weighted by Gasteiger charge is 2.07. The quantitative estimate of drug-likeness (QED) is 0.813. The minimum Gasteiger partial charge on any atom is -0.331 e. The number of urea groups is 1. The highest BCUT2D eigenvalue weighted by atomic mass is 32.2. The van der Waals surface area contributed by atoms with Crippen LogP contribution in [-0.2, 0) is 0 Å². The van der Waals surface area contributed by atoms with Crippen LogP contribution in [0.5, 0.6) is 0 Å². The number of anilines is 1. The van der Waals surface area contributed by atoms with Crippen LogP contribution >= 0.6 is 11.8 Å². The maximum absolute atomic E-state index is 11.7. The van der Waals surface area contributed by atoms with Crippen molar-refractivity contribution < 1.29 is 4.79 Å². The fourth-order valence-electron chi connectivity index (χ4n) is 2.00. The Balaban J connectivity index is 1.94. The zero-order valence-corrected chi connectivity index (χ0v) is 14.1. The average molecular weight is 314 g/mol. The largest absolute Gasteiger partial charge is 0.331 e. The SMILES string of the molecule is CC(CSc1cccc(NC(=O)N(C)C)c1)c1ccccc1. The predicted molar refractivity (Wildman–Crippen MR) is 94.7 cm³/mol. The summed E-state index contributed by atoms with van der Waals surface area (Å²) >= 11 is 1.81. The van der Waals surface area contributed by atoms with Crippen LogP contribution in [0, 0.1) is 0 Å². The molecule has 0 heterocycles. The zero-order chi connectivity index (χ0) is 15.9. The van der Waals surface area contributed by atoms with Crippen LogP contribution in [0.15, 0.2) is 59.5 Å². The molecule has 1 atom stereocenters. The zero-order valence-electron chi connectivity index (χ0n) is 13.2. The normalized spacial score (nSPS) is 11.8. The summed E-state index contributed by atoms with van der Waals surface area (Å²) in [6.07, 6.45) is 0. The first-order valence-electron chi connectivity index (χ1n) is 7.32. The van der Waals surface area contributed by atoms with E-state index in [1.165, 1.54) is 15.4 Å². The van der Waals surface area contributed by atoms with Gasteiger partial charge >= 0.3 is 6.03 Å². The van der Waals surface area contributed by atoms with Crippen molar-refractivity contribution in [3.63, 3.8) is 0 Å². The van der Waals surface area contributed by atoms with Crippen molar-refractivity contribution in [2.45, 2.75) is 17.7 Å². The summed E-state index contributed by atoms with van der Waals surface area (Å²) in [6.45, 7) is 2.24. The first kappa shape index (κ1) is 16.4. The number of nitrogens with one attached hydrogen (secondary N) is 1. The molecule has 1 N–H and O–H groups in total. The van der Waals surface area contributed by atoms with Crippen molar-refractivity contribution >= 4 is 23.5 Å². The van der Waals surface area contributed by atoms with Crippen molar-refractivity contribution in [1.29, 1.82) is 0 Å². The number of carbonyl (C=O) groups excluding carboxylic acids is 1. The number of nitrogens with zero attached hydrogens (tertiary/aromatic N) is 1. The number of hydrogen-bond acceptors (Lipinski definition) is 2. The van der Waals surface area contributed by atoms with Crippen LogP contribution in [0.25, 0.3) is 0 Å². The molecular formula is C18H22N2OS. The number of rotatable bonds is 5. The molecule has 0 saturated carbocycles. The molecular weight excluding hydrogens is 292 g/mol. The standard InChI is InChI=1S/C18H22N2OS/c1-14(15-8-5-4-6-9-15)13-22-17-11-7-10-16(12-17)19-18(21)20(2)3/h4-12,14H,13H2,1-3H3,(H,19,21). The van der Waals surface area contributed by atoms with Crippen LogP contribution in [0.1, 0.15) is 18.4 Å². The van der Waals surface area contributed by atoms with Gasteiger partial charge in [-0.3, -0.25) is 0 Å². The van der Waals surface area contributed by atoms with Crippen molar-refractivity contribution in [1.82, 2.24) is 4.90 Å². The molecule has 0 spiro atoms. The van der Waals surface area contributed by atoms with Crippen molar-refractivity contribution in [3.8, 4) is 0 Å². The Morgan fingerprint density at radius 3 is 2.55 bits per heavy atom. The molecule has 0 radical (unpaired) electrons. The lowest BCUT2D eigenvalue weighted by atomic mass is 10.0. The topological polar surface area (TPSA) is 32.3 Å². The van der Waals surface area contributed by atoms with E-state index in [1.54, 1.807) is 14.1 Å². The van der Waals surface area contributed by atoms with Gasteiger partial charge in [0.15, 0.2) is 0 Å². The molecule has 116 valence electrons. The number of hydrogen-bond donors (Lipinski definition) is 1. The van der Waals surface area contributed by atoms with Gasteiger partial charge in [0, 0.05) is 30.4 Å². The molecule has 0 fully saturated rings. The summed E-state index contributed by atoms with van der Waals surface area (Å²) in [5, 5.41) is 2.87. The molecule has 0 bridgehead atoms. The predicted octanol–water partition coefficient (Wildman–Crippen LogP) is 4.68.